The monoisotopic (exact) mass is 228 g/mol. The lowest BCUT2D eigenvalue weighted by Gasteiger charge is -2.37. The molecule has 1 heterocycles. The summed E-state index contributed by atoms with van der Waals surface area (Å²) in [4.78, 5) is 0. The molecule has 0 atom stereocenters. The minimum atomic E-state index is 0.272. The van der Waals surface area contributed by atoms with Crippen LogP contribution in [0.5, 0.6) is 0 Å². The molecule has 0 aliphatic carbocycles. The van der Waals surface area contributed by atoms with Gasteiger partial charge >= 0.3 is 0 Å². The van der Waals surface area contributed by atoms with Crippen LogP contribution in [-0.2, 0) is 9.47 Å². The smallest absolute Gasteiger partial charge is 0.0521 e. The third-order valence-electron chi connectivity index (χ3n) is 3.73. The maximum absolute atomic E-state index is 5.87. The van der Waals surface area contributed by atoms with Gasteiger partial charge in [0.25, 0.3) is 0 Å². The molecule has 16 heavy (non-hydrogen) atoms. The molecule has 0 saturated carbocycles. The topological polar surface area (TPSA) is 18.5 Å². The van der Waals surface area contributed by atoms with Crippen molar-refractivity contribution >= 4 is 0 Å². The van der Waals surface area contributed by atoms with E-state index in [1.54, 1.807) is 0 Å². The van der Waals surface area contributed by atoms with Crippen LogP contribution in [0, 0.1) is 22.7 Å². The summed E-state index contributed by atoms with van der Waals surface area (Å²) in [5.41, 5.74) is 0.545. The molecule has 0 amide bonds. The molecule has 0 unspecified atom stereocenters. The normalized spacial score (nSPS) is 29.6. The molecule has 1 rings (SSSR count). The maximum atomic E-state index is 5.87. The van der Waals surface area contributed by atoms with Gasteiger partial charge in [-0.15, -0.1) is 0 Å². The summed E-state index contributed by atoms with van der Waals surface area (Å²) >= 11 is 0. The highest BCUT2D eigenvalue weighted by Gasteiger charge is 2.31. The highest BCUT2D eigenvalue weighted by atomic mass is 16.5. The van der Waals surface area contributed by atoms with Crippen molar-refractivity contribution in [1.29, 1.82) is 0 Å². The highest BCUT2D eigenvalue weighted by Crippen LogP contribution is 2.31. The second-order valence-electron chi connectivity index (χ2n) is 7.20. The molecule has 0 N–H and O–H groups in total. The van der Waals surface area contributed by atoms with Crippen molar-refractivity contribution in [2.75, 3.05) is 26.4 Å². The lowest BCUT2D eigenvalue weighted by molar-refractivity contribution is -0.0819. The van der Waals surface area contributed by atoms with E-state index >= 15 is 0 Å². The van der Waals surface area contributed by atoms with Crippen LogP contribution in [0.3, 0.4) is 0 Å². The quantitative estimate of drug-likeness (QED) is 0.633. The molecule has 1 aliphatic rings. The van der Waals surface area contributed by atoms with Gasteiger partial charge in [-0.25, -0.2) is 0 Å². The van der Waals surface area contributed by atoms with E-state index in [2.05, 4.69) is 41.5 Å². The standard InChI is InChI=1S/C14H28O2/c1-13(2,3)11-7-15-9-12(10-16-8-11)14(4,5)6/h11-12H,7-10H2,1-6H3. The van der Waals surface area contributed by atoms with E-state index in [9.17, 15) is 0 Å². The Labute approximate surface area is 101 Å². The molecule has 2 nitrogen and oxygen atoms in total. The Balaban J connectivity index is 2.50. The lowest BCUT2D eigenvalue weighted by Crippen LogP contribution is -2.37. The van der Waals surface area contributed by atoms with Gasteiger partial charge in [-0.05, 0) is 10.8 Å². The number of ether oxygens (including phenoxy) is 2. The molecule has 0 bridgehead atoms. The average Bonchev–Trinajstić information content (AvgIpc) is 1.96. The van der Waals surface area contributed by atoms with Gasteiger partial charge in [-0.2, -0.15) is 0 Å². The van der Waals surface area contributed by atoms with Crippen molar-refractivity contribution in [2.24, 2.45) is 22.7 Å². The lowest BCUT2D eigenvalue weighted by atomic mass is 9.80. The fraction of sp³-hybridized carbons (Fsp3) is 1.00. The zero-order valence-electron chi connectivity index (χ0n) is 11.8. The predicted molar refractivity (Wildman–Crippen MR) is 67.5 cm³/mol. The molecule has 96 valence electrons. The van der Waals surface area contributed by atoms with Gasteiger partial charge in [0.05, 0.1) is 26.4 Å². The van der Waals surface area contributed by atoms with Crippen LogP contribution >= 0.6 is 0 Å². The first kappa shape index (κ1) is 14.0. The Morgan fingerprint density at radius 1 is 0.625 bits per heavy atom. The summed E-state index contributed by atoms with van der Waals surface area (Å²) in [6, 6.07) is 0. The zero-order valence-corrected chi connectivity index (χ0v) is 11.8. The maximum Gasteiger partial charge on any atom is 0.0521 e. The summed E-state index contributed by atoms with van der Waals surface area (Å²) < 4.78 is 11.7. The molecule has 1 fully saturated rings. The van der Waals surface area contributed by atoms with E-state index in [0.29, 0.717) is 11.8 Å². The average molecular weight is 228 g/mol. The van der Waals surface area contributed by atoms with Crippen LogP contribution in [0.25, 0.3) is 0 Å². The van der Waals surface area contributed by atoms with Crippen LogP contribution in [0.4, 0.5) is 0 Å². The number of rotatable bonds is 0. The van der Waals surface area contributed by atoms with E-state index in [1.165, 1.54) is 0 Å². The van der Waals surface area contributed by atoms with Gasteiger partial charge in [0.1, 0.15) is 0 Å². The first-order valence-electron chi connectivity index (χ1n) is 6.37. The van der Waals surface area contributed by atoms with Crippen LogP contribution in [0.1, 0.15) is 41.5 Å². The van der Waals surface area contributed by atoms with Crippen molar-refractivity contribution in [3.05, 3.63) is 0 Å². The van der Waals surface area contributed by atoms with Gasteiger partial charge < -0.3 is 9.47 Å². The Bertz CT molecular complexity index is 178. The first-order valence-corrected chi connectivity index (χ1v) is 6.37. The summed E-state index contributed by atoms with van der Waals surface area (Å²) in [5, 5.41) is 0. The van der Waals surface area contributed by atoms with E-state index in [1.807, 2.05) is 0 Å². The highest BCUT2D eigenvalue weighted by molar-refractivity contribution is 4.78. The first-order chi connectivity index (χ1) is 7.21. The molecule has 0 radical (unpaired) electrons. The van der Waals surface area contributed by atoms with Crippen LogP contribution in [0.2, 0.25) is 0 Å². The molecule has 1 aliphatic heterocycles. The Morgan fingerprint density at radius 3 is 1.06 bits per heavy atom. The van der Waals surface area contributed by atoms with Crippen LogP contribution in [-0.4, -0.2) is 26.4 Å². The Hall–Kier alpha value is -0.0800. The fourth-order valence-corrected chi connectivity index (χ4v) is 1.80. The third kappa shape index (κ3) is 4.06. The predicted octanol–water partition coefficient (Wildman–Crippen LogP) is 3.36. The minimum Gasteiger partial charge on any atom is -0.381 e. The largest absolute Gasteiger partial charge is 0.381 e. The SMILES string of the molecule is CC(C)(C)C1COCC(C(C)(C)C)COC1. The molecule has 0 aromatic heterocycles. The minimum absolute atomic E-state index is 0.272. The second kappa shape index (κ2) is 5.05. The van der Waals surface area contributed by atoms with Gasteiger partial charge in [0, 0.05) is 11.8 Å². The van der Waals surface area contributed by atoms with Crippen molar-refractivity contribution in [3.8, 4) is 0 Å². The van der Waals surface area contributed by atoms with E-state index < -0.39 is 0 Å². The second-order valence-corrected chi connectivity index (χ2v) is 7.20. The van der Waals surface area contributed by atoms with E-state index in [-0.39, 0.29) is 10.8 Å². The van der Waals surface area contributed by atoms with Gasteiger partial charge in [0.2, 0.25) is 0 Å². The van der Waals surface area contributed by atoms with Gasteiger partial charge in [0.15, 0.2) is 0 Å². The summed E-state index contributed by atoms with van der Waals surface area (Å²) in [5.74, 6) is 1.02. The van der Waals surface area contributed by atoms with Crippen LogP contribution in [0.15, 0.2) is 0 Å². The molecular weight excluding hydrogens is 200 g/mol. The molecule has 0 aromatic carbocycles. The third-order valence-corrected chi connectivity index (χ3v) is 3.73. The molecule has 1 saturated heterocycles. The molecule has 0 aromatic rings. The van der Waals surface area contributed by atoms with Crippen LogP contribution < -0.4 is 0 Å². The van der Waals surface area contributed by atoms with Crippen molar-refractivity contribution < 1.29 is 9.47 Å². The van der Waals surface area contributed by atoms with Crippen molar-refractivity contribution in [3.63, 3.8) is 0 Å². The van der Waals surface area contributed by atoms with Gasteiger partial charge in [-0.1, -0.05) is 41.5 Å². The van der Waals surface area contributed by atoms with Gasteiger partial charge in [-0.3, -0.25) is 0 Å². The summed E-state index contributed by atoms with van der Waals surface area (Å²) in [7, 11) is 0. The van der Waals surface area contributed by atoms with Crippen molar-refractivity contribution in [2.45, 2.75) is 41.5 Å². The molecule has 0 spiro atoms. The molecular formula is C14H28O2. The van der Waals surface area contributed by atoms with Crippen molar-refractivity contribution in [1.82, 2.24) is 0 Å². The Morgan fingerprint density at radius 2 is 0.875 bits per heavy atom. The fourth-order valence-electron chi connectivity index (χ4n) is 1.80. The van der Waals surface area contributed by atoms with E-state index in [0.717, 1.165) is 26.4 Å². The summed E-state index contributed by atoms with van der Waals surface area (Å²) in [6.07, 6.45) is 0. The number of hydrogen-bond donors (Lipinski definition) is 0. The summed E-state index contributed by atoms with van der Waals surface area (Å²) in [6.45, 7) is 16.9. The molecule has 2 heteroatoms. The Kier molecular flexibility index (Phi) is 4.42. The van der Waals surface area contributed by atoms with E-state index in [4.69, 9.17) is 9.47 Å². The number of hydrogen-bond acceptors (Lipinski definition) is 2. The zero-order chi connectivity index (χ0) is 12.4.